The van der Waals surface area contributed by atoms with E-state index in [0.29, 0.717) is 11.7 Å². The van der Waals surface area contributed by atoms with Gasteiger partial charge in [-0.3, -0.25) is 4.79 Å². The maximum atomic E-state index is 12.2. The smallest absolute Gasteiger partial charge is 0.255 e. The first-order valence-electron chi connectivity index (χ1n) is 6.42. The molecule has 0 unspecified atom stereocenters. The van der Waals surface area contributed by atoms with Gasteiger partial charge >= 0.3 is 0 Å². The van der Waals surface area contributed by atoms with Crippen LogP contribution in [0.3, 0.4) is 0 Å². The van der Waals surface area contributed by atoms with Crippen molar-refractivity contribution >= 4 is 17.3 Å². The number of carbonyl (C=O) groups excluding carboxylic acids is 1. The highest BCUT2D eigenvalue weighted by molar-refractivity contribution is 6.00. The number of carbonyl (C=O) groups is 1. The molecular weight excluding hydrogens is 226 g/mol. The number of rotatable bonds is 4. The van der Waals surface area contributed by atoms with E-state index < -0.39 is 0 Å². The molecule has 1 fully saturated rings. The summed E-state index contributed by atoms with van der Waals surface area (Å²) in [7, 11) is 3.55. The summed E-state index contributed by atoms with van der Waals surface area (Å²) in [6.07, 6.45) is 2.41. The molecule has 18 heavy (non-hydrogen) atoms. The average Bonchev–Trinajstić information content (AvgIpc) is 3.14. The molecule has 0 aliphatic heterocycles. The number of nitrogens with zero attached hydrogens (tertiary/aromatic N) is 2. The minimum atomic E-state index is 0.0316. The summed E-state index contributed by atoms with van der Waals surface area (Å²) in [6, 6.07) is 6.11. The van der Waals surface area contributed by atoms with E-state index in [1.54, 1.807) is 25.1 Å². The third kappa shape index (κ3) is 2.42. The van der Waals surface area contributed by atoms with Crippen molar-refractivity contribution in [1.82, 2.24) is 4.90 Å². The highest BCUT2D eigenvalue weighted by Gasteiger charge is 2.30. The first-order valence-corrected chi connectivity index (χ1v) is 6.42. The minimum absolute atomic E-state index is 0.0316. The zero-order valence-corrected chi connectivity index (χ0v) is 11.3. The second-order valence-electron chi connectivity index (χ2n) is 4.99. The monoisotopic (exact) mass is 247 g/mol. The van der Waals surface area contributed by atoms with Gasteiger partial charge in [-0.25, -0.2) is 0 Å². The summed E-state index contributed by atoms with van der Waals surface area (Å²) in [5.74, 6) is 0.0316. The molecule has 1 amide bonds. The van der Waals surface area contributed by atoms with Crippen LogP contribution in [-0.4, -0.2) is 37.5 Å². The maximum absolute atomic E-state index is 12.2. The van der Waals surface area contributed by atoms with Gasteiger partial charge in [-0.1, -0.05) is 0 Å². The van der Waals surface area contributed by atoms with Crippen molar-refractivity contribution < 1.29 is 4.79 Å². The van der Waals surface area contributed by atoms with Crippen LogP contribution in [0, 0.1) is 0 Å². The van der Waals surface area contributed by atoms with Crippen LogP contribution in [0.15, 0.2) is 18.2 Å². The molecule has 1 saturated carbocycles. The molecule has 0 bridgehead atoms. The van der Waals surface area contributed by atoms with Crippen LogP contribution >= 0.6 is 0 Å². The van der Waals surface area contributed by atoms with Crippen molar-refractivity contribution in [3.8, 4) is 0 Å². The first-order chi connectivity index (χ1) is 8.54. The number of hydrogen-bond acceptors (Lipinski definition) is 3. The van der Waals surface area contributed by atoms with E-state index in [2.05, 4.69) is 11.8 Å². The molecule has 0 radical (unpaired) electrons. The van der Waals surface area contributed by atoms with Crippen molar-refractivity contribution in [3.63, 3.8) is 0 Å². The molecule has 2 rings (SSSR count). The zero-order valence-electron chi connectivity index (χ0n) is 11.3. The predicted octanol–water partition coefficient (Wildman–Crippen LogP) is 1.96. The Kier molecular flexibility index (Phi) is 3.45. The van der Waals surface area contributed by atoms with E-state index in [-0.39, 0.29) is 5.91 Å². The minimum Gasteiger partial charge on any atom is -0.399 e. The summed E-state index contributed by atoms with van der Waals surface area (Å²) in [5, 5.41) is 0. The van der Waals surface area contributed by atoms with Gasteiger partial charge in [0.15, 0.2) is 0 Å². The molecule has 0 spiro atoms. The van der Waals surface area contributed by atoms with Crippen LogP contribution in [0.4, 0.5) is 11.4 Å². The summed E-state index contributed by atoms with van der Waals surface area (Å²) < 4.78 is 0. The summed E-state index contributed by atoms with van der Waals surface area (Å²) in [6.45, 7) is 3.02. The molecule has 98 valence electrons. The van der Waals surface area contributed by atoms with E-state index >= 15 is 0 Å². The SMILES string of the molecule is CCN(c1cc(N)ccc1C(=O)N(C)C)C1CC1. The Morgan fingerprint density at radius 2 is 2.06 bits per heavy atom. The zero-order chi connectivity index (χ0) is 13.3. The second-order valence-corrected chi connectivity index (χ2v) is 4.99. The highest BCUT2D eigenvalue weighted by atomic mass is 16.2. The maximum Gasteiger partial charge on any atom is 0.255 e. The van der Waals surface area contributed by atoms with Crippen LogP contribution in [0.2, 0.25) is 0 Å². The van der Waals surface area contributed by atoms with E-state index in [9.17, 15) is 4.79 Å². The Morgan fingerprint density at radius 1 is 1.39 bits per heavy atom. The predicted molar refractivity (Wildman–Crippen MR) is 74.9 cm³/mol. The quantitative estimate of drug-likeness (QED) is 0.827. The van der Waals surface area contributed by atoms with Gasteiger partial charge in [0, 0.05) is 32.4 Å². The van der Waals surface area contributed by atoms with Gasteiger partial charge in [0.25, 0.3) is 5.91 Å². The third-order valence-corrected chi connectivity index (χ3v) is 3.30. The van der Waals surface area contributed by atoms with Crippen molar-refractivity contribution in [2.24, 2.45) is 0 Å². The van der Waals surface area contributed by atoms with E-state index in [0.717, 1.165) is 17.8 Å². The number of nitrogen functional groups attached to an aromatic ring is 1. The van der Waals surface area contributed by atoms with E-state index in [4.69, 9.17) is 5.73 Å². The average molecular weight is 247 g/mol. The van der Waals surface area contributed by atoms with Gasteiger partial charge in [-0.05, 0) is 38.0 Å². The fraction of sp³-hybridized carbons (Fsp3) is 0.500. The van der Waals surface area contributed by atoms with Gasteiger partial charge in [0.2, 0.25) is 0 Å². The van der Waals surface area contributed by atoms with Crippen molar-refractivity contribution in [1.29, 1.82) is 0 Å². The van der Waals surface area contributed by atoms with Crippen molar-refractivity contribution in [2.45, 2.75) is 25.8 Å². The normalized spacial score (nSPS) is 14.4. The van der Waals surface area contributed by atoms with Crippen LogP contribution in [-0.2, 0) is 0 Å². The fourth-order valence-corrected chi connectivity index (χ4v) is 2.22. The number of amides is 1. The van der Waals surface area contributed by atoms with Crippen LogP contribution in [0.1, 0.15) is 30.1 Å². The van der Waals surface area contributed by atoms with Gasteiger partial charge in [-0.2, -0.15) is 0 Å². The lowest BCUT2D eigenvalue weighted by Crippen LogP contribution is -2.30. The molecule has 1 aliphatic carbocycles. The number of benzene rings is 1. The molecule has 4 heteroatoms. The topological polar surface area (TPSA) is 49.6 Å². The van der Waals surface area contributed by atoms with E-state index in [1.165, 1.54) is 12.8 Å². The van der Waals surface area contributed by atoms with E-state index in [1.807, 2.05) is 12.1 Å². The fourth-order valence-electron chi connectivity index (χ4n) is 2.22. The summed E-state index contributed by atoms with van der Waals surface area (Å²) in [5.41, 5.74) is 8.28. The number of hydrogen-bond donors (Lipinski definition) is 1. The summed E-state index contributed by atoms with van der Waals surface area (Å²) >= 11 is 0. The molecule has 0 heterocycles. The molecule has 0 atom stereocenters. The Balaban J connectivity index is 2.42. The van der Waals surface area contributed by atoms with Crippen LogP contribution in [0.5, 0.6) is 0 Å². The lowest BCUT2D eigenvalue weighted by Gasteiger charge is -2.26. The standard InChI is InChI=1S/C14H21N3O/c1-4-17(11-6-7-11)13-9-10(15)5-8-12(13)14(18)16(2)3/h5,8-9,11H,4,6-7,15H2,1-3H3. The number of anilines is 2. The molecule has 2 N–H and O–H groups in total. The van der Waals surface area contributed by atoms with Crippen molar-refractivity contribution in [3.05, 3.63) is 23.8 Å². The highest BCUT2D eigenvalue weighted by Crippen LogP contribution is 2.34. The second kappa shape index (κ2) is 4.88. The third-order valence-electron chi connectivity index (χ3n) is 3.30. The molecular formula is C14H21N3O. The molecule has 4 nitrogen and oxygen atoms in total. The lowest BCUT2D eigenvalue weighted by atomic mass is 10.1. The Bertz CT molecular complexity index is 452. The molecule has 1 aromatic rings. The summed E-state index contributed by atoms with van der Waals surface area (Å²) in [4.78, 5) is 16.1. The Morgan fingerprint density at radius 3 is 2.56 bits per heavy atom. The van der Waals surface area contributed by atoms with Gasteiger partial charge in [-0.15, -0.1) is 0 Å². The molecule has 1 aromatic carbocycles. The van der Waals surface area contributed by atoms with Crippen LogP contribution < -0.4 is 10.6 Å². The molecule has 0 aromatic heterocycles. The lowest BCUT2D eigenvalue weighted by molar-refractivity contribution is 0.0828. The van der Waals surface area contributed by atoms with Gasteiger partial charge in [0.05, 0.1) is 11.3 Å². The molecule has 1 aliphatic rings. The van der Waals surface area contributed by atoms with Crippen LogP contribution in [0.25, 0.3) is 0 Å². The van der Waals surface area contributed by atoms with Crippen molar-refractivity contribution in [2.75, 3.05) is 31.3 Å². The Hall–Kier alpha value is -1.71. The Labute approximate surface area is 108 Å². The first kappa shape index (κ1) is 12.7. The largest absolute Gasteiger partial charge is 0.399 e. The molecule has 0 saturated heterocycles. The van der Waals surface area contributed by atoms with Gasteiger partial charge in [0.1, 0.15) is 0 Å². The number of nitrogens with two attached hydrogens (primary N) is 1. The van der Waals surface area contributed by atoms with Gasteiger partial charge < -0.3 is 15.5 Å².